The summed E-state index contributed by atoms with van der Waals surface area (Å²) in [6, 6.07) is 0. The number of hydrogen-bond acceptors (Lipinski definition) is 6. The first-order chi connectivity index (χ1) is 18.2. The lowest BCUT2D eigenvalue weighted by molar-refractivity contribution is -0.160. The molecule has 0 aromatic carbocycles. The number of nitrogens with zero attached hydrogens (tertiary/aromatic N) is 3. The molecule has 6 nitrogen and oxygen atoms in total. The number of aromatic nitrogens is 3. The molecule has 0 radical (unpaired) electrons. The zero-order valence-electron chi connectivity index (χ0n) is 25.1. The summed E-state index contributed by atoms with van der Waals surface area (Å²) in [6.07, 6.45) is 12.4. The van der Waals surface area contributed by atoms with Crippen molar-refractivity contribution in [3.63, 3.8) is 0 Å². The predicted molar refractivity (Wildman–Crippen MR) is 148 cm³/mol. The van der Waals surface area contributed by atoms with Crippen LogP contribution in [-0.2, 0) is 22.0 Å². The molecule has 2 aromatic rings. The van der Waals surface area contributed by atoms with Crippen molar-refractivity contribution in [3.05, 3.63) is 40.9 Å². The number of carbonyl (C=O) groups is 1. The molecule has 7 atom stereocenters. The number of ketones is 1. The molecule has 3 fully saturated rings. The van der Waals surface area contributed by atoms with E-state index in [1.54, 1.807) is 0 Å². The van der Waals surface area contributed by atoms with E-state index >= 15 is 0 Å². The van der Waals surface area contributed by atoms with Crippen LogP contribution in [0.25, 0.3) is 0 Å². The third-order valence-corrected chi connectivity index (χ3v) is 13.3. The van der Waals surface area contributed by atoms with Gasteiger partial charge in [0, 0.05) is 29.2 Å². The predicted octanol–water partition coefficient (Wildman–Crippen LogP) is 7.31. The van der Waals surface area contributed by atoms with Crippen molar-refractivity contribution in [2.75, 3.05) is 0 Å². The minimum atomic E-state index is -0.180. The largest absolute Gasteiger partial charge is 0.361 e. The van der Waals surface area contributed by atoms with E-state index in [1.807, 2.05) is 13.1 Å². The molecule has 0 amide bonds. The molecule has 5 aliphatic carbocycles. The van der Waals surface area contributed by atoms with Gasteiger partial charge in [-0.3, -0.25) is 4.79 Å². The molecule has 6 heteroatoms. The van der Waals surface area contributed by atoms with Gasteiger partial charge in [-0.1, -0.05) is 64.4 Å². The number of allylic oxidation sites excluding steroid dienone is 2. The van der Waals surface area contributed by atoms with Crippen molar-refractivity contribution in [1.29, 1.82) is 0 Å². The fourth-order valence-corrected chi connectivity index (χ4v) is 11.2. The Labute approximate surface area is 232 Å². The molecule has 2 heterocycles. The zero-order valence-corrected chi connectivity index (χ0v) is 25.1. The van der Waals surface area contributed by atoms with Gasteiger partial charge in [0.2, 0.25) is 5.89 Å². The SMILES string of the molecule is Cc1nc([C@]23CCC(C)(C)C[C@H]2[C@H]2C(=O)C=C4[C@@]5(C)Cc6cnoc6C(C)(C)[C@@H]5CC[C@@]4(C)[C@]2(C)CC3)no1. The summed E-state index contributed by atoms with van der Waals surface area (Å²) in [5.41, 5.74) is 2.26. The maximum absolute atomic E-state index is 14.7. The smallest absolute Gasteiger partial charge is 0.223 e. The zero-order chi connectivity index (χ0) is 27.8. The third kappa shape index (κ3) is 3.04. The van der Waals surface area contributed by atoms with Crippen LogP contribution in [-0.4, -0.2) is 21.1 Å². The van der Waals surface area contributed by atoms with E-state index in [0.717, 1.165) is 63.0 Å². The van der Waals surface area contributed by atoms with Crippen LogP contribution < -0.4 is 0 Å². The van der Waals surface area contributed by atoms with Crippen molar-refractivity contribution in [3.8, 4) is 0 Å². The van der Waals surface area contributed by atoms with Crippen LogP contribution >= 0.6 is 0 Å². The average Bonchev–Trinajstić information content (AvgIpc) is 3.50. The summed E-state index contributed by atoms with van der Waals surface area (Å²) in [6.45, 7) is 18.7. The van der Waals surface area contributed by atoms with E-state index < -0.39 is 0 Å². The molecule has 7 rings (SSSR count). The van der Waals surface area contributed by atoms with Crippen molar-refractivity contribution >= 4 is 5.78 Å². The molecule has 2 aromatic heterocycles. The maximum Gasteiger partial charge on any atom is 0.223 e. The van der Waals surface area contributed by atoms with E-state index in [9.17, 15) is 4.79 Å². The lowest BCUT2D eigenvalue weighted by Gasteiger charge is -2.69. The maximum atomic E-state index is 14.7. The first-order valence-corrected chi connectivity index (χ1v) is 15.2. The Morgan fingerprint density at radius 2 is 1.69 bits per heavy atom. The Hall–Kier alpha value is -2.24. The van der Waals surface area contributed by atoms with Gasteiger partial charge in [-0.15, -0.1) is 0 Å². The number of hydrogen-bond donors (Lipinski definition) is 0. The van der Waals surface area contributed by atoms with E-state index in [0.29, 0.717) is 17.6 Å². The standard InChI is InChI=1S/C33H45N3O3/c1-19-35-27(36-38-19)33-13-11-28(2,3)17-21(33)25-22(37)15-24-30(6)16-20-18-34-39-26(20)29(4,5)23(30)9-10-31(24,7)32(25,8)12-14-33/h15,18,21,23,25H,9-14,16-17H2,1-8H3/t21-,23-,25-,30-,31+,32+,33-/m0/s1. The van der Waals surface area contributed by atoms with Gasteiger partial charge >= 0.3 is 0 Å². The Kier molecular flexibility index (Phi) is 4.96. The lowest BCUT2D eigenvalue weighted by atomic mass is 9.34. The summed E-state index contributed by atoms with van der Waals surface area (Å²) >= 11 is 0. The molecule has 0 aliphatic heterocycles. The van der Waals surface area contributed by atoms with Crippen LogP contribution in [0.3, 0.4) is 0 Å². The fourth-order valence-electron chi connectivity index (χ4n) is 11.2. The molecule has 39 heavy (non-hydrogen) atoms. The van der Waals surface area contributed by atoms with Crippen molar-refractivity contribution < 1.29 is 13.8 Å². The Balaban J connectivity index is 1.39. The van der Waals surface area contributed by atoms with Gasteiger partial charge in [0.1, 0.15) is 5.76 Å². The Morgan fingerprint density at radius 3 is 2.41 bits per heavy atom. The van der Waals surface area contributed by atoms with Crippen LogP contribution in [0.15, 0.2) is 26.9 Å². The minimum absolute atomic E-state index is 0.0266. The lowest BCUT2D eigenvalue weighted by Crippen LogP contribution is -2.66. The van der Waals surface area contributed by atoms with Gasteiger partial charge < -0.3 is 9.05 Å². The molecule has 0 spiro atoms. The highest BCUT2D eigenvalue weighted by Crippen LogP contribution is 2.74. The molecule has 0 unspecified atom stereocenters. The normalized spacial score (nSPS) is 43.8. The molecule has 3 saturated carbocycles. The number of carbonyl (C=O) groups excluding carboxylic acids is 1. The highest BCUT2D eigenvalue weighted by Gasteiger charge is 2.70. The molecule has 210 valence electrons. The van der Waals surface area contributed by atoms with Crippen LogP contribution in [0, 0.1) is 46.3 Å². The van der Waals surface area contributed by atoms with Gasteiger partial charge in [0.05, 0.1) is 6.20 Å². The number of rotatable bonds is 1. The van der Waals surface area contributed by atoms with Crippen LogP contribution in [0.4, 0.5) is 0 Å². The highest BCUT2D eigenvalue weighted by atomic mass is 16.5. The van der Waals surface area contributed by atoms with Gasteiger partial charge in [-0.2, -0.15) is 4.98 Å². The van der Waals surface area contributed by atoms with Crippen molar-refractivity contribution in [2.24, 2.45) is 39.4 Å². The third-order valence-electron chi connectivity index (χ3n) is 13.3. The van der Waals surface area contributed by atoms with Crippen molar-refractivity contribution in [2.45, 2.75) is 118 Å². The Bertz CT molecular complexity index is 1400. The average molecular weight is 532 g/mol. The molecular weight excluding hydrogens is 486 g/mol. The summed E-state index contributed by atoms with van der Waals surface area (Å²) in [5, 5.41) is 8.74. The second-order valence-electron chi connectivity index (χ2n) is 16.0. The van der Waals surface area contributed by atoms with Gasteiger partial charge in [0.15, 0.2) is 11.6 Å². The first-order valence-electron chi connectivity index (χ1n) is 15.2. The van der Waals surface area contributed by atoms with E-state index in [-0.39, 0.29) is 44.3 Å². The van der Waals surface area contributed by atoms with Crippen molar-refractivity contribution in [1.82, 2.24) is 15.3 Å². The monoisotopic (exact) mass is 531 g/mol. The summed E-state index contributed by atoms with van der Waals surface area (Å²) in [5.74, 6) is 3.46. The topological polar surface area (TPSA) is 82.0 Å². The number of fused-ring (bicyclic) bond motifs is 8. The summed E-state index contributed by atoms with van der Waals surface area (Å²) in [7, 11) is 0. The second kappa shape index (κ2) is 7.53. The van der Waals surface area contributed by atoms with E-state index in [4.69, 9.17) is 14.0 Å². The van der Waals surface area contributed by atoms with Gasteiger partial charge in [-0.05, 0) is 90.9 Å². The quantitative estimate of drug-likeness (QED) is 0.384. The van der Waals surface area contributed by atoms with E-state index in [2.05, 4.69) is 64.9 Å². The van der Waals surface area contributed by atoms with E-state index in [1.165, 1.54) is 11.1 Å². The molecule has 0 N–H and O–H groups in total. The molecule has 0 saturated heterocycles. The summed E-state index contributed by atoms with van der Waals surface area (Å²) < 4.78 is 11.4. The highest BCUT2D eigenvalue weighted by molar-refractivity contribution is 5.95. The first kappa shape index (κ1) is 25.7. The molecular formula is C33H45N3O3. The summed E-state index contributed by atoms with van der Waals surface area (Å²) in [4.78, 5) is 19.5. The van der Waals surface area contributed by atoms with Gasteiger partial charge in [-0.25, -0.2) is 0 Å². The van der Waals surface area contributed by atoms with Gasteiger partial charge in [0.25, 0.3) is 0 Å². The molecule has 0 bridgehead atoms. The van der Waals surface area contributed by atoms with Crippen LogP contribution in [0.2, 0.25) is 0 Å². The number of aryl methyl sites for hydroxylation is 1. The molecule has 5 aliphatic rings. The fraction of sp³-hybridized carbons (Fsp3) is 0.758. The van der Waals surface area contributed by atoms with Crippen LogP contribution in [0.5, 0.6) is 0 Å². The minimum Gasteiger partial charge on any atom is -0.361 e. The van der Waals surface area contributed by atoms with Crippen LogP contribution in [0.1, 0.15) is 116 Å². The second-order valence-corrected chi connectivity index (χ2v) is 16.0. The Morgan fingerprint density at radius 1 is 0.949 bits per heavy atom.